The Hall–Kier alpha value is -0.930. The number of amides is 1. The van der Waals surface area contributed by atoms with E-state index in [1.54, 1.807) is 12.1 Å². The van der Waals surface area contributed by atoms with Crippen molar-refractivity contribution in [1.29, 1.82) is 0 Å². The van der Waals surface area contributed by atoms with Crippen molar-refractivity contribution >= 4 is 34.8 Å². The number of halogens is 2. The molecule has 1 saturated heterocycles. The van der Waals surface area contributed by atoms with Gasteiger partial charge in [-0.1, -0.05) is 29.6 Å². The molecule has 0 aromatic heterocycles. The molecule has 2 N–H and O–H groups in total. The molecule has 5 heteroatoms. The molecule has 2 fully saturated rings. The topological polar surface area (TPSA) is 46.3 Å². The number of nitrogens with zero attached hydrogens (tertiary/aromatic N) is 1. The lowest BCUT2D eigenvalue weighted by Crippen LogP contribution is -2.46. The second-order valence-electron chi connectivity index (χ2n) is 5.76. The van der Waals surface area contributed by atoms with E-state index in [-0.39, 0.29) is 5.91 Å². The maximum atomic E-state index is 12.7. The minimum Gasteiger partial charge on any atom is -0.397 e. The van der Waals surface area contributed by atoms with E-state index in [9.17, 15) is 4.79 Å². The van der Waals surface area contributed by atoms with Crippen LogP contribution in [0, 0.1) is 5.92 Å². The number of piperidine rings is 1. The molecule has 20 heavy (non-hydrogen) atoms. The molecule has 1 aromatic rings. The first-order valence-electron chi connectivity index (χ1n) is 7.13. The van der Waals surface area contributed by atoms with Crippen LogP contribution < -0.4 is 5.73 Å². The van der Waals surface area contributed by atoms with Gasteiger partial charge in [0.25, 0.3) is 5.91 Å². The van der Waals surface area contributed by atoms with Crippen molar-refractivity contribution in [3.05, 3.63) is 27.7 Å². The number of carbonyl (C=O) groups excluding carboxylic acids is 1. The van der Waals surface area contributed by atoms with Crippen molar-refractivity contribution in [2.75, 3.05) is 12.3 Å². The van der Waals surface area contributed by atoms with Crippen molar-refractivity contribution in [3.63, 3.8) is 0 Å². The van der Waals surface area contributed by atoms with E-state index >= 15 is 0 Å². The van der Waals surface area contributed by atoms with Gasteiger partial charge in [-0.15, -0.1) is 0 Å². The predicted molar refractivity (Wildman–Crippen MR) is 82.3 cm³/mol. The summed E-state index contributed by atoms with van der Waals surface area (Å²) >= 11 is 12.0. The van der Waals surface area contributed by atoms with Crippen LogP contribution in [0.3, 0.4) is 0 Å². The van der Waals surface area contributed by atoms with Gasteiger partial charge in [-0.25, -0.2) is 0 Å². The van der Waals surface area contributed by atoms with E-state index in [0.29, 0.717) is 33.3 Å². The van der Waals surface area contributed by atoms with Crippen LogP contribution in [-0.4, -0.2) is 23.4 Å². The highest BCUT2D eigenvalue weighted by Crippen LogP contribution is 2.38. The molecule has 1 aromatic carbocycles. The number of benzene rings is 1. The monoisotopic (exact) mass is 312 g/mol. The average molecular weight is 313 g/mol. The normalized spacial score (nSPS) is 25.6. The SMILES string of the molecule is Nc1cc(C(=O)N2CCCC3CCCC32)cc(Cl)c1Cl. The first-order chi connectivity index (χ1) is 9.58. The van der Waals surface area contributed by atoms with Crippen LogP contribution in [0.1, 0.15) is 42.5 Å². The molecule has 1 amide bonds. The lowest BCUT2D eigenvalue weighted by atomic mass is 9.91. The van der Waals surface area contributed by atoms with Crippen LogP contribution >= 0.6 is 23.2 Å². The molecule has 0 radical (unpaired) electrons. The van der Waals surface area contributed by atoms with E-state index in [4.69, 9.17) is 28.9 Å². The number of anilines is 1. The van der Waals surface area contributed by atoms with Crippen LogP contribution in [0.4, 0.5) is 5.69 Å². The molecule has 0 bridgehead atoms. The van der Waals surface area contributed by atoms with Gasteiger partial charge in [0.2, 0.25) is 0 Å². The second-order valence-corrected chi connectivity index (χ2v) is 6.55. The van der Waals surface area contributed by atoms with E-state index in [1.165, 1.54) is 19.3 Å². The number of fused-ring (bicyclic) bond motifs is 1. The van der Waals surface area contributed by atoms with Crippen LogP contribution in [0.25, 0.3) is 0 Å². The van der Waals surface area contributed by atoms with Gasteiger partial charge >= 0.3 is 0 Å². The fourth-order valence-corrected chi connectivity index (χ4v) is 3.94. The molecule has 2 aliphatic rings. The minimum atomic E-state index is 0.0341. The van der Waals surface area contributed by atoms with Gasteiger partial charge in [0.15, 0.2) is 0 Å². The van der Waals surface area contributed by atoms with Crippen LogP contribution in [0.5, 0.6) is 0 Å². The fraction of sp³-hybridized carbons (Fsp3) is 0.533. The summed E-state index contributed by atoms with van der Waals surface area (Å²) in [5, 5.41) is 0.663. The number of hydrogen-bond acceptors (Lipinski definition) is 2. The predicted octanol–water partition coefficient (Wildman–Crippen LogP) is 3.98. The smallest absolute Gasteiger partial charge is 0.254 e. The molecule has 1 saturated carbocycles. The van der Waals surface area contributed by atoms with Gasteiger partial charge in [0.1, 0.15) is 0 Å². The summed E-state index contributed by atoms with van der Waals surface area (Å²) < 4.78 is 0. The molecular weight excluding hydrogens is 295 g/mol. The third kappa shape index (κ3) is 2.38. The molecule has 1 aliphatic heterocycles. The Morgan fingerprint density at radius 3 is 2.70 bits per heavy atom. The fourth-order valence-electron chi connectivity index (χ4n) is 3.61. The van der Waals surface area contributed by atoms with Gasteiger partial charge in [-0.05, 0) is 43.7 Å². The van der Waals surface area contributed by atoms with E-state index in [0.717, 1.165) is 19.4 Å². The number of likely N-dealkylation sites (tertiary alicyclic amines) is 1. The summed E-state index contributed by atoms with van der Waals surface area (Å²) in [5.41, 5.74) is 6.72. The van der Waals surface area contributed by atoms with Crippen LogP contribution in [0.2, 0.25) is 10.0 Å². The highest BCUT2D eigenvalue weighted by atomic mass is 35.5. The molecule has 3 nitrogen and oxygen atoms in total. The molecule has 3 rings (SSSR count). The Morgan fingerprint density at radius 2 is 1.95 bits per heavy atom. The van der Waals surface area contributed by atoms with Crippen molar-refractivity contribution in [1.82, 2.24) is 4.90 Å². The second kappa shape index (κ2) is 5.45. The molecule has 2 atom stereocenters. The summed E-state index contributed by atoms with van der Waals surface area (Å²) in [6.07, 6.45) is 5.93. The quantitative estimate of drug-likeness (QED) is 0.797. The summed E-state index contributed by atoms with van der Waals surface area (Å²) in [6.45, 7) is 0.833. The third-order valence-corrected chi connectivity index (χ3v) is 5.37. The molecule has 1 aliphatic carbocycles. The zero-order valence-electron chi connectivity index (χ0n) is 11.2. The maximum Gasteiger partial charge on any atom is 0.254 e. The van der Waals surface area contributed by atoms with Gasteiger partial charge < -0.3 is 10.6 Å². The molecular formula is C15H18Cl2N2O. The first-order valence-corrected chi connectivity index (χ1v) is 7.89. The Morgan fingerprint density at radius 1 is 1.20 bits per heavy atom. The zero-order chi connectivity index (χ0) is 14.3. The summed E-state index contributed by atoms with van der Waals surface area (Å²) in [4.78, 5) is 14.7. The van der Waals surface area contributed by atoms with Crippen LogP contribution in [0.15, 0.2) is 12.1 Å². The number of carbonyl (C=O) groups is 1. The average Bonchev–Trinajstić information content (AvgIpc) is 2.91. The van der Waals surface area contributed by atoms with Gasteiger partial charge in [0.05, 0.1) is 15.7 Å². The van der Waals surface area contributed by atoms with E-state index in [2.05, 4.69) is 0 Å². The summed E-state index contributed by atoms with van der Waals surface area (Å²) in [6, 6.07) is 3.66. The van der Waals surface area contributed by atoms with Crippen molar-refractivity contribution in [2.24, 2.45) is 5.92 Å². The minimum absolute atomic E-state index is 0.0341. The molecule has 1 heterocycles. The van der Waals surface area contributed by atoms with Crippen LogP contribution in [-0.2, 0) is 0 Å². The lowest BCUT2D eigenvalue weighted by Gasteiger charge is -2.38. The number of hydrogen-bond donors (Lipinski definition) is 1. The Bertz CT molecular complexity index is 524. The molecule has 108 valence electrons. The zero-order valence-corrected chi connectivity index (χ0v) is 12.8. The Labute approximate surface area is 129 Å². The number of nitrogen functional groups attached to an aromatic ring is 1. The number of nitrogens with two attached hydrogens (primary N) is 1. The van der Waals surface area contributed by atoms with Crippen molar-refractivity contribution in [2.45, 2.75) is 38.1 Å². The van der Waals surface area contributed by atoms with Gasteiger partial charge in [-0.2, -0.15) is 0 Å². The maximum absolute atomic E-state index is 12.7. The summed E-state index contributed by atoms with van der Waals surface area (Å²) in [7, 11) is 0. The number of rotatable bonds is 1. The standard InChI is InChI=1S/C15H18Cl2N2O/c16-11-7-10(8-12(18)14(11)17)15(20)19-6-2-4-9-3-1-5-13(9)19/h7-9,13H,1-6,18H2. The largest absolute Gasteiger partial charge is 0.397 e. The Balaban J connectivity index is 1.88. The lowest BCUT2D eigenvalue weighted by molar-refractivity contribution is 0.0548. The van der Waals surface area contributed by atoms with Crippen molar-refractivity contribution in [3.8, 4) is 0 Å². The third-order valence-electron chi connectivity index (χ3n) is 4.56. The van der Waals surface area contributed by atoms with Crippen molar-refractivity contribution < 1.29 is 4.79 Å². The highest BCUT2D eigenvalue weighted by Gasteiger charge is 2.37. The summed E-state index contributed by atoms with van der Waals surface area (Å²) in [5.74, 6) is 0.708. The highest BCUT2D eigenvalue weighted by molar-refractivity contribution is 6.43. The Kier molecular flexibility index (Phi) is 3.83. The van der Waals surface area contributed by atoms with Gasteiger partial charge in [0, 0.05) is 18.2 Å². The molecule has 0 spiro atoms. The van der Waals surface area contributed by atoms with E-state index in [1.807, 2.05) is 4.90 Å². The molecule has 2 unspecified atom stereocenters. The first kappa shape index (κ1) is 14.0. The van der Waals surface area contributed by atoms with Gasteiger partial charge in [-0.3, -0.25) is 4.79 Å². The van der Waals surface area contributed by atoms with E-state index < -0.39 is 0 Å².